The molecule has 0 amide bonds. The first-order chi connectivity index (χ1) is 10.7. The third kappa shape index (κ3) is 3.53. The SMILES string of the molecule is Cc1ccc(NC(=S)N/N=C\c2ccc3c(c2)OCO3)cc1. The van der Waals surface area contributed by atoms with Crippen LogP contribution in [-0.4, -0.2) is 18.1 Å². The first-order valence-electron chi connectivity index (χ1n) is 6.77. The van der Waals surface area contributed by atoms with Crippen molar-refractivity contribution in [1.29, 1.82) is 0 Å². The van der Waals surface area contributed by atoms with Gasteiger partial charge in [-0.2, -0.15) is 5.10 Å². The van der Waals surface area contributed by atoms with E-state index in [1.165, 1.54) is 5.56 Å². The summed E-state index contributed by atoms with van der Waals surface area (Å²) < 4.78 is 10.6. The first-order valence-corrected chi connectivity index (χ1v) is 7.18. The number of hydrazone groups is 1. The number of rotatable bonds is 3. The molecule has 0 aliphatic carbocycles. The Morgan fingerprint density at radius 2 is 1.91 bits per heavy atom. The molecule has 112 valence electrons. The summed E-state index contributed by atoms with van der Waals surface area (Å²) in [7, 11) is 0. The van der Waals surface area contributed by atoms with Crippen molar-refractivity contribution < 1.29 is 9.47 Å². The zero-order valence-corrected chi connectivity index (χ0v) is 12.8. The molecule has 6 heteroatoms. The fraction of sp³-hybridized carbons (Fsp3) is 0.125. The lowest BCUT2D eigenvalue weighted by atomic mass is 10.2. The van der Waals surface area contributed by atoms with Crippen LogP contribution >= 0.6 is 12.2 Å². The molecule has 2 aromatic carbocycles. The predicted octanol–water partition coefficient (Wildman–Crippen LogP) is 3.04. The lowest BCUT2D eigenvalue weighted by Crippen LogP contribution is -2.23. The summed E-state index contributed by atoms with van der Waals surface area (Å²) in [5, 5.41) is 7.60. The Bertz CT molecular complexity index is 714. The highest BCUT2D eigenvalue weighted by molar-refractivity contribution is 7.80. The monoisotopic (exact) mass is 313 g/mol. The molecule has 0 saturated heterocycles. The fourth-order valence-corrected chi connectivity index (χ4v) is 2.13. The van der Waals surface area contributed by atoms with Crippen molar-refractivity contribution >= 4 is 29.2 Å². The molecule has 1 aliphatic rings. The summed E-state index contributed by atoms with van der Waals surface area (Å²) in [5.74, 6) is 1.48. The molecule has 0 aromatic heterocycles. The summed E-state index contributed by atoms with van der Waals surface area (Å²) in [6, 6.07) is 13.6. The van der Waals surface area contributed by atoms with Crippen LogP contribution in [0.5, 0.6) is 11.5 Å². The minimum atomic E-state index is 0.263. The van der Waals surface area contributed by atoms with Crippen molar-refractivity contribution in [2.75, 3.05) is 12.1 Å². The number of benzene rings is 2. The summed E-state index contributed by atoms with van der Waals surface area (Å²) >= 11 is 5.18. The molecule has 0 saturated carbocycles. The number of hydrogen-bond donors (Lipinski definition) is 2. The van der Waals surface area contributed by atoms with Gasteiger partial charge in [0.25, 0.3) is 0 Å². The van der Waals surface area contributed by atoms with E-state index in [4.69, 9.17) is 21.7 Å². The molecule has 0 fully saturated rings. The Morgan fingerprint density at radius 1 is 1.14 bits per heavy atom. The Labute approximate surface area is 133 Å². The number of nitrogens with zero attached hydrogens (tertiary/aromatic N) is 1. The third-order valence-electron chi connectivity index (χ3n) is 3.09. The first kappa shape index (κ1) is 14.3. The van der Waals surface area contributed by atoms with E-state index in [1.54, 1.807) is 6.21 Å². The third-order valence-corrected chi connectivity index (χ3v) is 3.28. The second kappa shape index (κ2) is 6.44. The number of thiocarbonyl (C=S) groups is 1. The summed E-state index contributed by atoms with van der Waals surface area (Å²) in [4.78, 5) is 0. The standard InChI is InChI=1S/C16H15N3O2S/c1-11-2-5-13(6-3-11)18-16(22)19-17-9-12-4-7-14-15(8-12)21-10-20-14/h2-9H,10H2,1H3,(H2,18,19,22)/b17-9-. The van der Waals surface area contributed by atoms with E-state index in [0.717, 1.165) is 22.7 Å². The van der Waals surface area contributed by atoms with Gasteiger partial charge in [0, 0.05) is 5.69 Å². The Balaban J connectivity index is 1.55. The van der Waals surface area contributed by atoms with Gasteiger partial charge in [-0.3, -0.25) is 5.43 Å². The van der Waals surface area contributed by atoms with Crippen molar-refractivity contribution in [2.45, 2.75) is 6.92 Å². The molecule has 2 aromatic rings. The van der Waals surface area contributed by atoms with Gasteiger partial charge in [-0.15, -0.1) is 0 Å². The highest BCUT2D eigenvalue weighted by atomic mass is 32.1. The number of ether oxygens (including phenoxy) is 2. The van der Waals surface area contributed by atoms with Gasteiger partial charge in [-0.25, -0.2) is 0 Å². The number of aryl methyl sites for hydroxylation is 1. The van der Waals surface area contributed by atoms with Crippen LogP contribution in [0.1, 0.15) is 11.1 Å². The van der Waals surface area contributed by atoms with Gasteiger partial charge in [0.15, 0.2) is 16.6 Å². The van der Waals surface area contributed by atoms with E-state index in [2.05, 4.69) is 15.8 Å². The van der Waals surface area contributed by atoms with Gasteiger partial charge in [0.2, 0.25) is 6.79 Å². The maximum Gasteiger partial charge on any atom is 0.231 e. The molecular weight excluding hydrogens is 298 g/mol. The molecule has 0 radical (unpaired) electrons. The smallest absolute Gasteiger partial charge is 0.231 e. The van der Waals surface area contributed by atoms with Crippen LogP contribution in [0.25, 0.3) is 0 Å². The van der Waals surface area contributed by atoms with Gasteiger partial charge in [0.05, 0.1) is 6.21 Å². The zero-order valence-electron chi connectivity index (χ0n) is 12.0. The van der Waals surface area contributed by atoms with Crippen LogP contribution in [0.3, 0.4) is 0 Å². The fourth-order valence-electron chi connectivity index (χ4n) is 1.95. The molecule has 0 bridgehead atoms. The van der Waals surface area contributed by atoms with Crippen molar-refractivity contribution in [3.8, 4) is 11.5 Å². The van der Waals surface area contributed by atoms with Gasteiger partial charge in [-0.05, 0) is 55.0 Å². The summed E-state index contributed by atoms with van der Waals surface area (Å²) in [6.07, 6.45) is 1.67. The van der Waals surface area contributed by atoms with Crippen LogP contribution in [0, 0.1) is 6.92 Å². The average molecular weight is 313 g/mol. The number of nitrogens with one attached hydrogen (secondary N) is 2. The van der Waals surface area contributed by atoms with Crippen LogP contribution in [0.15, 0.2) is 47.6 Å². The van der Waals surface area contributed by atoms with Crippen molar-refractivity contribution in [1.82, 2.24) is 5.43 Å². The van der Waals surface area contributed by atoms with Gasteiger partial charge < -0.3 is 14.8 Å². The van der Waals surface area contributed by atoms with Crippen molar-refractivity contribution in [3.05, 3.63) is 53.6 Å². The average Bonchev–Trinajstić information content (AvgIpc) is 2.97. The zero-order chi connectivity index (χ0) is 15.4. The van der Waals surface area contributed by atoms with Crippen molar-refractivity contribution in [3.63, 3.8) is 0 Å². The molecule has 22 heavy (non-hydrogen) atoms. The Morgan fingerprint density at radius 3 is 2.73 bits per heavy atom. The summed E-state index contributed by atoms with van der Waals surface area (Å²) in [5.41, 5.74) is 5.79. The maximum absolute atomic E-state index is 5.31. The molecule has 5 nitrogen and oxygen atoms in total. The van der Waals surface area contributed by atoms with Crippen LogP contribution in [0.4, 0.5) is 5.69 Å². The highest BCUT2D eigenvalue weighted by Gasteiger charge is 2.12. The van der Waals surface area contributed by atoms with E-state index in [0.29, 0.717) is 5.11 Å². The van der Waals surface area contributed by atoms with Crippen molar-refractivity contribution in [2.24, 2.45) is 5.10 Å². The minimum absolute atomic E-state index is 0.263. The molecule has 1 heterocycles. The lowest BCUT2D eigenvalue weighted by Gasteiger charge is -2.07. The van der Waals surface area contributed by atoms with E-state index in [1.807, 2.05) is 49.4 Å². The maximum atomic E-state index is 5.31. The number of hydrogen-bond acceptors (Lipinski definition) is 4. The molecule has 1 aliphatic heterocycles. The van der Waals surface area contributed by atoms with Gasteiger partial charge in [0.1, 0.15) is 0 Å². The molecule has 0 unspecified atom stereocenters. The van der Waals surface area contributed by atoms with Crippen LogP contribution in [-0.2, 0) is 0 Å². The largest absolute Gasteiger partial charge is 0.454 e. The molecule has 0 spiro atoms. The van der Waals surface area contributed by atoms with E-state index in [-0.39, 0.29) is 6.79 Å². The Hall–Kier alpha value is -2.60. The quantitative estimate of drug-likeness (QED) is 0.518. The van der Waals surface area contributed by atoms with E-state index >= 15 is 0 Å². The molecule has 2 N–H and O–H groups in total. The molecular formula is C16H15N3O2S. The second-order valence-electron chi connectivity index (χ2n) is 4.80. The predicted molar refractivity (Wildman–Crippen MR) is 90.7 cm³/mol. The van der Waals surface area contributed by atoms with E-state index < -0.39 is 0 Å². The topological polar surface area (TPSA) is 54.9 Å². The minimum Gasteiger partial charge on any atom is -0.454 e. The van der Waals surface area contributed by atoms with Gasteiger partial charge in [-0.1, -0.05) is 17.7 Å². The van der Waals surface area contributed by atoms with Gasteiger partial charge >= 0.3 is 0 Å². The van der Waals surface area contributed by atoms with Crippen LogP contribution in [0.2, 0.25) is 0 Å². The number of anilines is 1. The Kier molecular flexibility index (Phi) is 4.20. The van der Waals surface area contributed by atoms with Crippen LogP contribution < -0.4 is 20.2 Å². The molecule has 0 atom stereocenters. The normalized spacial score (nSPS) is 12.4. The lowest BCUT2D eigenvalue weighted by molar-refractivity contribution is 0.174. The molecule has 3 rings (SSSR count). The van der Waals surface area contributed by atoms with E-state index in [9.17, 15) is 0 Å². The number of fused-ring (bicyclic) bond motifs is 1. The highest BCUT2D eigenvalue weighted by Crippen LogP contribution is 2.31. The second-order valence-corrected chi connectivity index (χ2v) is 5.21. The summed E-state index contributed by atoms with van der Waals surface area (Å²) in [6.45, 7) is 2.30.